The van der Waals surface area contributed by atoms with Gasteiger partial charge in [-0.15, -0.1) is 0 Å². The number of imidazole rings is 1. The Morgan fingerprint density at radius 1 is 1.04 bits per heavy atom. The maximum Gasteiger partial charge on any atom is 0.257 e. The number of benzene rings is 2. The van der Waals surface area contributed by atoms with Crippen molar-refractivity contribution in [2.24, 2.45) is 7.05 Å². The van der Waals surface area contributed by atoms with Gasteiger partial charge >= 0.3 is 0 Å². The summed E-state index contributed by atoms with van der Waals surface area (Å²) >= 11 is 0. The van der Waals surface area contributed by atoms with Crippen LogP contribution in [0.3, 0.4) is 0 Å². The molecule has 6 heteroatoms. The summed E-state index contributed by atoms with van der Waals surface area (Å²) in [6, 6.07) is 14.8. The summed E-state index contributed by atoms with van der Waals surface area (Å²) in [5, 5.41) is 2.93. The molecule has 6 nitrogen and oxygen atoms in total. The molecule has 0 aliphatic carbocycles. The normalized spacial score (nSPS) is 10.4. The van der Waals surface area contributed by atoms with Crippen molar-refractivity contribution < 1.29 is 14.3 Å². The first-order valence-electron chi connectivity index (χ1n) is 7.73. The number of amides is 1. The van der Waals surface area contributed by atoms with Crippen molar-refractivity contribution in [3.63, 3.8) is 0 Å². The number of hydrogen-bond donors (Lipinski definition) is 1. The molecule has 0 aliphatic heterocycles. The summed E-state index contributed by atoms with van der Waals surface area (Å²) in [6.07, 6.45) is 1.67. The number of anilines is 1. The Bertz CT molecular complexity index is 866. The van der Waals surface area contributed by atoms with Gasteiger partial charge in [0.05, 0.1) is 20.5 Å². The van der Waals surface area contributed by atoms with Gasteiger partial charge in [-0.3, -0.25) is 4.79 Å². The average Bonchev–Trinajstić information content (AvgIpc) is 3.02. The number of nitrogens with one attached hydrogen (secondary N) is 1. The lowest BCUT2D eigenvalue weighted by molar-refractivity contribution is 0.102. The Morgan fingerprint density at radius 3 is 2.28 bits per heavy atom. The zero-order chi connectivity index (χ0) is 17.8. The van der Waals surface area contributed by atoms with Crippen molar-refractivity contribution in [2.75, 3.05) is 19.5 Å². The maximum atomic E-state index is 12.7. The highest BCUT2D eigenvalue weighted by molar-refractivity contribution is 6.05. The molecule has 1 amide bonds. The number of aryl methyl sites for hydroxylation is 1. The zero-order valence-corrected chi connectivity index (χ0v) is 14.3. The molecule has 0 spiro atoms. The molecule has 128 valence electrons. The monoisotopic (exact) mass is 337 g/mol. The molecule has 3 aromatic rings. The fourth-order valence-corrected chi connectivity index (χ4v) is 2.50. The van der Waals surface area contributed by atoms with Crippen molar-refractivity contribution in [1.29, 1.82) is 0 Å². The highest BCUT2D eigenvalue weighted by Gasteiger charge is 2.16. The Morgan fingerprint density at radius 2 is 1.68 bits per heavy atom. The molecule has 1 heterocycles. The van der Waals surface area contributed by atoms with E-state index in [9.17, 15) is 4.79 Å². The van der Waals surface area contributed by atoms with Crippen LogP contribution in [0.1, 0.15) is 10.4 Å². The lowest BCUT2D eigenvalue weighted by Gasteiger charge is -2.11. The fraction of sp³-hybridized carbons (Fsp3) is 0.158. The van der Waals surface area contributed by atoms with Crippen LogP contribution in [0.25, 0.3) is 11.3 Å². The van der Waals surface area contributed by atoms with Gasteiger partial charge in [0.1, 0.15) is 23.0 Å². The first-order chi connectivity index (χ1) is 12.1. The minimum absolute atomic E-state index is 0.266. The van der Waals surface area contributed by atoms with Crippen LogP contribution in [-0.4, -0.2) is 29.7 Å². The van der Waals surface area contributed by atoms with Crippen LogP contribution in [0.5, 0.6) is 11.5 Å². The largest absolute Gasteiger partial charge is 0.497 e. The van der Waals surface area contributed by atoms with E-state index < -0.39 is 0 Å². The summed E-state index contributed by atoms with van der Waals surface area (Å²) in [5.41, 5.74) is 2.09. The molecule has 25 heavy (non-hydrogen) atoms. The standard InChI is InChI=1S/C19H19N3O3/c1-22-12-20-17(13-7-5-4-6-8-13)18(22)21-19(23)14-9-15(24-2)11-16(10-14)25-3/h4-12H,1-3H3,(H,21,23). The number of methoxy groups -OCH3 is 2. The van der Waals surface area contributed by atoms with Crippen LogP contribution in [0.2, 0.25) is 0 Å². The summed E-state index contributed by atoms with van der Waals surface area (Å²) in [4.78, 5) is 17.1. The van der Waals surface area contributed by atoms with Crippen LogP contribution in [-0.2, 0) is 7.05 Å². The molecule has 0 saturated heterocycles. The number of carbonyl (C=O) groups is 1. The van der Waals surface area contributed by atoms with E-state index in [1.165, 1.54) is 0 Å². The van der Waals surface area contributed by atoms with E-state index in [0.717, 1.165) is 5.56 Å². The van der Waals surface area contributed by atoms with Gasteiger partial charge in [0.2, 0.25) is 0 Å². The van der Waals surface area contributed by atoms with E-state index in [1.807, 2.05) is 37.4 Å². The van der Waals surface area contributed by atoms with Crippen LogP contribution in [0.15, 0.2) is 54.9 Å². The van der Waals surface area contributed by atoms with Gasteiger partial charge in [0, 0.05) is 24.2 Å². The first-order valence-corrected chi connectivity index (χ1v) is 7.73. The predicted octanol–water partition coefficient (Wildman–Crippen LogP) is 3.36. The number of carbonyl (C=O) groups excluding carboxylic acids is 1. The quantitative estimate of drug-likeness (QED) is 0.775. The summed E-state index contributed by atoms with van der Waals surface area (Å²) in [5.74, 6) is 1.46. The molecule has 3 rings (SSSR count). The second-order valence-electron chi connectivity index (χ2n) is 5.47. The molecule has 0 aliphatic rings. The van der Waals surface area contributed by atoms with Crippen LogP contribution in [0, 0.1) is 0 Å². The lowest BCUT2D eigenvalue weighted by atomic mass is 10.1. The molecule has 0 bridgehead atoms. The fourth-order valence-electron chi connectivity index (χ4n) is 2.50. The van der Waals surface area contributed by atoms with Crippen molar-refractivity contribution in [2.45, 2.75) is 0 Å². The summed E-state index contributed by atoms with van der Waals surface area (Å²) < 4.78 is 12.2. The van der Waals surface area contributed by atoms with Crippen molar-refractivity contribution in [3.05, 3.63) is 60.4 Å². The molecular formula is C19H19N3O3. The maximum absolute atomic E-state index is 12.7. The van der Waals surface area contributed by atoms with E-state index >= 15 is 0 Å². The highest BCUT2D eigenvalue weighted by Crippen LogP contribution is 2.27. The van der Waals surface area contributed by atoms with Gasteiger partial charge in [-0.2, -0.15) is 0 Å². The van der Waals surface area contributed by atoms with Gasteiger partial charge in [-0.25, -0.2) is 4.98 Å². The van der Waals surface area contributed by atoms with Crippen molar-refractivity contribution >= 4 is 11.7 Å². The highest BCUT2D eigenvalue weighted by atomic mass is 16.5. The second kappa shape index (κ2) is 7.09. The Hall–Kier alpha value is -3.28. The minimum atomic E-state index is -0.266. The number of rotatable bonds is 5. The molecule has 0 fully saturated rings. The topological polar surface area (TPSA) is 65.4 Å². The predicted molar refractivity (Wildman–Crippen MR) is 96.1 cm³/mol. The number of nitrogens with zero attached hydrogens (tertiary/aromatic N) is 2. The summed E-state index contributed by atoms with van der Waals surface area (Å²) in [6.45, 7) is 0. The van der Waals surface area contributed by atoms with E-state index in [-0.39, 0.29) is 5.91 Å². The van der Waals surface area contributed by atoms with E-state index in [1.54, 1.807) is 43.3 Å². The smallest absolute Gasteiger partial charge is 0.257 e. The molecule has 2 aromatic carbocycles. The third kappa shape index (κ3) is 3.47. The zero-order valence-electron chi connectivity index (χ0n) is 14.3. The molecule has 1 N–H and O–H groups in total. The van der Waals surface area contributed by atoms with E-state index in [4.69, 9.17) is 9.47 Å². The Kier molecular flexibility index (Phi) is 4.70. The van der Waals surface area contributed by atoms with Crippen molar-refractivity contribution in [3.8, 4) is 22.8 Å². The van der Waals surface area contributed by atoms with Gasteiger partial charge in [-0.05, 0) is 12.1 Å². The van der Waals surface area contributed by atoms with Gasteiger partial charge in [0.25, 0.3) is 5.91 Å². The van der Waals surface area contributed by atoms with E-state index in [0.29, 0.717) is 28.6 Å². The SMILES string of the molecule is COc1cc(OC)cc(C(=O)Nc2c(-c3ccccc3)ncn2C)c1. The van der Waals surface area contributed by atoms with Crippen LogP contribution < -0.4 is 14.8 Å². The first kappa shape index (κ1) is 16.6. The van der Waals surface area contributed by atoms with Crippen molar-refractivity contribution in [1.82, 2.24) is 9.55 Å². The Balaban J connectivity index is 1.93. The van der Waals surface area contributed by atoms with E-state index in [2.05, 4.69) is 10.3 Å². The third-order valence-electron chi connectivity index (χ3n) is 3.83. The summed E-state index contributed by atoms with van der Waals surface area (Å²) in [7, 11) is 4.93. The second-order valence-corrected chi connectivity index (χ2v) is 5.47. The number of aromatic nitrogens is 2. The molecule has 0 saturated carbocycles. The Labute approximate surface area is 146 Å². The van der Waals surface area contributed by atoms with Gasteiger partial charge in [-0.1, -0.05) is 30.3 Å². The average molecular weight is 337 g/mol. The van der Waals surface area contributed by atoms with Crippen LogP contribution >= 0.6 is 0 Å². The molecule has 0 radical (unpaired) electrons. The van der Waals surface area contributed by atoms with Gasteiger partial charge in [0.15, 0.2) is 0 Å². The molecule has 0 unspecified atom stereocenters. The number of ether oxygens (including phenoxy) is 2. The van der Waals surface area contributed by atoms with Gasteiger partial charge < -0.3 is 19.4 Å². The molecular weight excluding hydrogens is 318 g/mol. The number of hydrogen-bond acceptors (Lipinski definition) is 4. The third-order valence-corrected chi connectivity index (χ3v) is 3.83. The lowest BCUT2D eigenvalue weighted by Crippen LogP contribution is -2.15. The minimum Gasteiger partial charge on any atom is -0.497 e. The molecule has 1 aromatic heterocycles. The van der Waals surface area contributed by atoms with Crippen LogP contribution in [0.4, 0.5) is 5.82 Å². The molecule has 0 atom stereocenters.